The highest BCUT2D eigenvalue weighted by molar-refractivity contribution is 7.87. The molecule has 1 N–H and O–H groups in total. The third-order valence-electron chi connectivity index (χ3n) is 3.39. The maximum atomic E-state index is 12.3. The van der Waals surface area contributed by atoms with Gasteiger partial charge in [0.15, 0.2) is 0 Å². The smallest absolute Gasteiger partial charge is 0.339 e. The number of hydrogen-bond donors (Lipinski definition) is 1. The van der Waals surface area contributed by atoms with Crippen LogP contribution in [0.3, 0.4) is 0 Å². The Labute approximate surface area is 142 Å². The Balaban J connectivity index is 2.17. The summed E-state index contributed by atoms with van der Waals surface area (Å²) in [6, 6.07) is 12.8. The Kier molecular flexibility index (Phi) is 4.99. The lowest BCUT2D eigenvalue weighted by Crippen LogP contribution is -2.12. The fraction of sp³-hybridized carbons (Fsp3) is 0.278. The molecule has 0 atom stereocenters. The fourth-order valence-electron chi connectivity index (χ4n) is 2.09. The summed E-state index contributed by atoms with van der Waals surface area (Å²) in [5, 5.41) is 2.58. The molecule has 6 heteroatoms. The summed E-state index contributed by atoms with van der Waals surface area (Å²) in [5.41, 5.74) is 1.60. The molecule has 0 fully saturated rings. The van der Waals surface area contributed by atoms with Crippen molar-refractivity contribution in [1.29, 1.82) is 0 Å². The maximum absolute atomic E-state index is 12.3. The van der Waals surface area contributed by atoms with Gasteiger partial charge < -0.3 is 9.50 Å². The van der Waals surface area contributed by atoms with Crippen molar-refractivity contribution < 1.29 is 17.4 Å². The van der Waals surface area contributed by atoms with Crippen LogP contribution in [0, 0.1) is 0 Å². The van der Waals surface area contributed by atoms with Crippen molar-refractivity contribution in [3.05, 3.63) is 54.1 Å². The lowest BCUT2D eigenvalue weighted by atomic mass is 9.87. The highest BCUT2D eigenvalue weighted by atomic mass is 32.2. The first-order chi connectivity index (χ1) is 11.1. The Morgan fingerprint density at radius 2 is 1.50 bits per heavy atom. The lowest BCUT2D eigenvalue weighted by molar-refractivity contribution is -0.114. The minimum absolute atomic E-state index is 0.0169. The summed E-state index contributed by atoms with van der Waals surface area (Å²) in [6.45, 7) is 7.62. The van der Waals surface area contributed by atoms with E-state index in [1.165, 1.54) is 31.2 Å². The molecule has 128 valence electrons. The van der Waals surface area contributed by atoms with Crippen LogP contribution in [-0.2, 0) is 20.3 Å². The van der Waals surface area contributed by atoms with Gasteiger partial charge in [-0.25, -0.2) is 0 Å². The summed E-state index contributed by atoms with van der Waals surface area (Å²) < 4.78 is 29.8. The van der Waals surface area contributed by atoms with Crippen LogP contribution >= 0.6 is 0 Å². The quantitative estimate of drug-likeness (QED) is 0.856. The molecule has 0 radical (unpaired) electrons. The number of carbonyl (C=O) groups excluding carboxylic acids is 1. The minimum Gasteiger partial charge on any atom is -0.379 e. The second-order valence-electron chi connectivity index (χ2n) is 6.52. The van der Waals surface area contributed by atoms with Gasteiger partial charge >= 0.3 is 10.1 Å². The molecule has 0 saturated heterocycles. The number of anilines is 1. The van der Waals surface area contributed by atoms with Gasteiger partial charge in [-0.3, -0.25) is 4.79 Å². The summed E-state index contributed by atoms with van der Waals surface area (Å²) in [7, 11) is -3.92. The molecule has 24 heavy (non-hydrogen) atoms. The number of amides is 1. The van der Waals surface area contributed by atoms with E-state index in [2.05, 4.69) is 26.1 Å². The van der Waals surface area contributed by atoms with Crippen LogP contribution in [0.5, 0.6) is 5.75 Å². The van der Waals surface area contributed by atoms with Crippen molar-refractivity contribution >= 4 is 21.7 Å². The third-order valence-corrected chi connectivity index (χ3v) is 4.65. The van der Waals surface area contributed by atoms with Crippen molar-refractivity contribution in [2.24, 2.45) is 0 Å². The maximum Gasteiger partial charge on any atom is 0.339 e. The molecule has 0 bridgehead atoms. The van der Waals surface area contributed by atoms with Crippen molar-refractivity contribution in [3.63, 3.8) is 0 Å². The van der Waals surface area contributed by atoms with Crippen LogP contribution in [0.25, 0.3) is 0 Å². The van der Waals surface area contributed by atoms with Gasteiger partial charge in [0, 0.05) is 12.6 Å². The number of nitrogens with one attached hydrogen (secondary N) is 1. The van der Waals surface area contributed by atoms with E-state index in [9.17, 15) is 13.2 Å². The molecule has 0 saturated carbocycles. The zero-order chi connectivity index (χ0) is 18.0. The average Bonchev–Trinajstić information content (AvgIpc) is 2.46. The first-order valence-electron chi connectivity index (χ1n) is 7.51. The van der Waals surface area contributed by atoms with Crippen molar-refractivity contribution in [2.75, 3.05) is 5.32 Å². The first kappa shape index (κ1) is 18.0. The molecule has 0 aliphatic rings. The Morgan fingerprint density at radius 1 is 0.958 bits per heavy atom. The van der Waals surface area contributed by atoms with Gasteiger partial charge in [-0.2, -0.15) is 8.42 Å². The predicted molar refractivity (Wildman–Crippen MR) is 93.7 cm³/mol. The highest BCUT2D eigenvalue weighted by Crippen LogP contribution is 2.26. The van der Waals surface area contributed by atoms with Gasteiger partial charge in [-0.1, -0.05) is 32.9 Å². The molecular weight excluding hydrogens is 326 g/mol. The molecule has 2 aromatic carbocycles. The van der Waals surface area contributed by atoms with E-state index in [-0.39, 0.29) is 22.0 Å². The van der Waals surface area contributed by atoms with Crippen LogP contribution in [0.2, 0.25) is 0 Å². The molecule has 0 heterocycles. The lowest BCUT2D eigenvalue weighted by Gasteiger charge is -2.19. The monoisotopic (exact) mass is 347 g/mol. The van der Waals surface area contributed by atoms with E-state index >= 15 is 0 Å². The summed E-state index contributed by atoms with van der Waals surface area (Å²) in [4.78, 5) is 11.0. The van der Waals surface area contributed by atoms with E-state index < -0.39 is 10.1 Å². The molecule has 0 aliphatic heterocycles. The van der Waals surface area contributed by atoms with E-state index in [1.54, 1.807) is 12.1 Å². The molecular formula is C18H21NO4S. The molecule has 1 amide bonds. The molecule has 2 aromatic rings. The average molecular weight is 347 g/mol. The van der Waals surface area contributed by atoms with Crippen molar-refractivity contribution in [2.45, 2.75) is 38.0 Å². The molecule has 2 rings (SSSR count). The predicted octanol–water partition coefficient (Wildman–Crippen LogP) is 3.71. The fourth-order valence-corrected chi connectivity index (χ4v) is 3.02. The van der Waals surface area contributed by atoms with Gasteiger partial charge in [-0.05, 0) is 47.4 Å². The van der Waals surface area contributed by atoms with Crippen LogP contribution in [0.4, 0.5) is 5.69 Å². The Morgan fingerprint density at radius 3 is 1.96 bits per heavy atom. The van der Waals surface area contributed by atoms with E-state index in [0.717, 1.165) is 5.56 Å². The zero-order valence-corrected chi connectivity index (χ0v) is 15.0. The van der Waals surface area contributed by atoms with E-state index in [0.29, 0.717) is 5.69 Å². The van der Waals surface area contributed by atoms with Crippen LogP contribution in [0.1, 0.15) is 33.3 Å². The standard InChI is InChI=1S/C18H21NO4S/c1-13(20)19-15-7-11-17(12-8-15)24(21,22)23-16-9-5-14(6-10-16)18(2,3)4/h5-12H,1-4H3,(H,19,20). The molecule has 0 unspecified atom stereocenters. The van der Waals surface area contributed by atoms with Crippen LogP contribution in [-0.4, -0.2) is 14.3 Å². The van der Waals surface area contributed by atoms with Gasteiger partial charge in [0.2, 0.25) is 5.91 Å². The number of rotatable bonds is 4. The topological polar surface area (TPSA) is 72.5 Å². The highest BCUT2D eigenvalue weighted by Gasteiger charge is 2.18. The van der Waals surface area contributed by atoms with E-state index in [4.69, 9.17) is 4.18 Å². The molecule has 0 spiro atoms. The minimum atomic E-state index is -3.92. The molecule has 0 aromatic heterocycles. The summed E-state index contributed by atoms with van der Waals surface area (Å²) >= 11 is 0. The first-order valence-corrected chi connectivity index (χ1v) is 8.91. The van der Waals surface area contributed by atoms with Crippen LogP contribution in [0.15, 0.2) is 53.4 Å². The summed E-state index contributed by atoms with van der Waals surface area (Å²) in [5.74, 6) is 0.0368. The summed E-state index contributed by atoms with van der Waals surface area (Å²) in [6.07, 6.45) is 0. The number of carbonyl (C=O) groups is 1. The molecule has 0 aliphatic carbocycles. The van der Waals surface area contributed by atoms with Crippen molar-refractivity contribution in [1.82, 2.24) is 0 Å². The normalized spacial score (nSPS) is 11.8. The SMILES string of the molecule is CC(=O)Nc1ccc(S(=O)(=O)Oc2ccc(C(C)(C)C)cc2)cc1. The third kappa shape index (κ3) is 4.58. The second kappa shape index (κ2) is 6.65. The second-order valence-corrected chi connectivity index (χ2v) is 8.06. The zero-order valence-electron chi connectivity index (χ0n) is 14.2. The van der Waals surface area contributed by atoms with Gasteiger partial charge in [0.1, 0.15) is 10.6 Å². The number of hydrogen-bond acceptors (Lipinski definition) is 4. The van der Waals surface area contributed by atoms with Crippen molar-refractivity contribution in [3.8, 4) is 5.75 Å². The van der Waals surface area contributed by atoms with Crippen LogP contribution < -0.4 is 9.50 Å². The van der Waals surface area contributed by atoms with Gasteiger partial charge in [0.25, 0.3) is 0 Å². The Bertz CT molecular complexity index is 817. The van der Waals surface area contributed by atoms with E-state index in [1.807, 2.05) is 12.1 Å². The number of benzene rings is 2. The molecule has 5 nitrogen and oxygen atoms in total. The van der Waals surface area contributed by atoms with Gasteiger partial charge in [-0.15, -0.1) is 0 Å². The van der Waals surface area contributed by atoms with Gasteiger partial charge in [0.05, 0.1) is 0 Å². The Hall–Kier alpha value is -2.34. The largest absolute Gasteiger partial charge is 0.379 e.